The fourth-order valence-corrected chi connectivity index (χ4v) is 5.78. The predicted molar refractivity (Wildman–Crippen MR) is 147 cm³/mol. The molecule has 0 saturated heterocycles. The quantitative estimate of drug-likeness (QED) is 0.150. The topological polar surface area (TPSA) is 3.01 Å². The van der Waals surface area contributed by atoms with Crippen LogP contribution in [0.4, 0.5) is 5.69 Å². The second kappa shape index (κ2) is 7.81. The van der Waals surface area contributed by atoms with Crippen LogP contribution in [-0.4, -0.2) is 17.3 Å². The zero-order valence-corrected chi connectivity index (χ0v) is 19.8. The summed E-state index contributed by atoms with van der Waals surface area (Å²) in [6, 6.07) is 33.1. The number of allylic oxidation sites excluding steroid dienone is 2. The molecule has 5 aromatic carbocycles. The summed E-state index contributed by atoms with van der Waals surface area (Å²) in [7, 11) is 2.19. The number of hydrogen-bond acceptors (Lipinski definition) is 0. The largest absolute Gasteiger partial charge is 0.210 e. The fourth-order valence-electron chi connectivity index (χ4n) is 5.78. The van der Waals surface area contributed by atoms with Crippen LogP contribution in [0.2, 0.25) is 0 Å². The normalized spacial score (nSPS) is 17.8. The van der Waals surface area contributed by atoms with Gasteiger partial charge in [0.1, 0.15) is 7.05 Å². The molecule has 6 rings (SSSR count). The molecule has 0 fully saturated rings. The zero-order chi connectivity index (χ0) is 23.3. The molecule has 34 heavy (non-hydrogen) atoms. The second-order valence-corrected chi connectivity index (χ2v) is 9.59. The smallest absolute Gasteiger partial charge is 0.198 e. The van der Waals surface area contributed by atoms with Crippen LogP contribution in [0.1, 0.15) is 24.5 Å². The first-order chi connectivity index (χ1) is 16.6. The Kier molecular flexibility index (Phi) is 4.74. The van der Waals surface area contributed by atoms with Crippen LogP contribution in [0.5, 0.6) is 0 Å². The van der Waals surface area contributed by atoms with Crippen molar-refractivity contribution in [2.75, 3.05) is 7.05 Å². The summed E-state index contributed by atoms with van der Waals surface area (Å²) in [5.74, 6) is 0. The van der Waals surface area contributed by atoms with Crippen LogP contribution >= 0.6 is 0 Å². The molecule has 164 valence electrons. The molecule has 0 spiro atoms. The van der Waals surface area contributed by atoms with Gasteiger partial charge in [0.2, 0.25) is 5.69 Å². The molecule has 0 aliphatic carbocycles. The predicted octanol–water partition coefficient (Wildman–Crippen LogP) is 8.42. The summed E-state index contributed by atoms with van der Waals surface area (Å²) in [5.41, 5.74) is 5.07. The number of fused-ring (bicyclic) bond motifs is 5. The lowest BCUT2D eigenvalue weighted by Gasteiger charge is -2.22. The third-order valence-electron chi connectivity index (χ3n) is 7.46. The monoisotopic (exact) mass is 438 g/mol. The van der Waals surface area contributed by atoms with Gasteiger partial charge < -0.3 is 0 Å². The molecule has 1 atom stereocenters. The minimum atomic E-state index is -0.129. The molecule has 1 aliphatic rings. The van der Waals surface area contributed by atoms with E-state index in [1.807, 2.05) is 0 Å². The van der Waals surface area contributed by atoms with Crippen molar-refractivity contribution >= 4 is 49.8 Å². The number of benzene rings is 5. The summed E-state index contributed by atoms with van der Waals surface area (Å²) in [4.78, 5) is 0. The summed E-state index contributed by atoms with van der Waals surface area (Å²) >= 11 is 0. The lowest BCUT2D eigenvalue weighted by molar-refractivity contribution is -0.401. The molecule has 0 bridgehead atoms. The van der Waals surface area contributed by atoms with E-state index in [9.17, 15) is 0 Å². The SMILES string of the molecule is C=CCC1(C)C(C=Cc2ccc3cc4ccccc4cc3c2)=[N+](C)c2ccc3ccccc3c21. The van der Waals surface area contributed by atoms with Crippen molar-refractivity contribution in [3.63, 3.8) is 0 Å². The van der Waals surface area contributed by atoms with E-state index >= 15 is 0 Å². The minimum Gasteiger partial charge on any atom is -0.198 e. The van der Waals surface area contributed by atoms with Crippen molar-refractivity contribution in [3.8, 4) is 0 Å². The Bertz CT molecular complexity index is 1670. The van der Waals surface area contributed by atoms with E-state index in [4.69, 9.17) is 0 Å². The highest BCUT2D eigenvalue weighted by Crippen LogP contribution is 2.46. The Morgan fingerprint density at radius 2 is 1.38 bits per heavy atom. The van der Waals surface area contributed by atoms with Crippen LogP contribution in [0.25, 0.3) is 38.4 Å². The molecule has 1 unspecified atom stereocenters. The molecular formula is C33H28N+. The first-order valence-electron chi connectivity index (χ1n) is 11.9. The van der Waals surface area contributed by atoms with Gasteiger partial charge in [0.05, 0.1) is 5.41 Å². The van der Waals surface area contributed by atoms with Crippen LogP contribution in [-0.2, 0) is 5.41 Å². The van der Waals surface area contributed by atoms with E-state index in [1.165, 1.54) is 54.8 Å². The molecular weight excluding hydrogens is 410 g/mol. The van der Waals surface area contributed by atoms with Gasteiger partial charge in [0.15, 0.2) is 5.71 Å². The van der Waals surface area contributed by atoms with E-state index in [0.29, 0.717) is 0 Å². The highest BCUT2D eigenvalue weighted by molar-refractivity contribution is 6.10. The highest BCUT2D eigenvalue weighted by atomic mass is 15.0. The molecule has 0 saturated carbocycles. The van der Waals surface area contributed by atoms with Gasteiger partial charge in [0.25, 0.3) is 0 Å². The molecule has 0 aromatic heterocycles. The highest BCUT2D eigenvalue weighted by Gasteiger charge is 2.46. The van der Waals surface area contributed by atoms with E-state index in [1.54, 1.807) is 0 Å². The first-order valence-corrected chi connectivity index (χ1v) is 11.9. The maximum Gasteiger partial charge on any atom is 0.210 e. The fraction of sp³-hybridized carbons (Fsp3) is 0.121. The van der Waals surface area contributed by atoms with Gasteiger partial charge in [-0.3, -0.25) is 0 Å². The standard InChI is InChI=1S/C33H28N/c1-4-19-33(2)31(34(3)30-17-16-24-9-7-8-12-29(24)32(30)33)18-14-23-13-15-27-21-25-10-5-6-11-26(25)22-28(27)20-23/h4-18,20-22H,1,19H2,2-3H3/q+1. The van der Waals surface area contributed by atoms with Crippen molar-refractivity contribution in [2.24, 2.45) is 0 Å². The van der Waals surface area contributed by atoms with E-state index in [0.717, 1.165) is 6.42 Å². The van der Waals surface area contributed by atoms with Crippen molar-refractivity contribution in [2.45, 2.75) is 18.8 Å². The Hall–Kier alpha value is -3.97. The molecule has 0 radical (unpaired) electrons. The number of rotatable bonds is 4. The molecule has 1 nitrogen and oxygen atoms in total. The molecule has 1 aliphatic heterocycles. The maximum absolute atomic E-state index is 4.10. The van der Waals surface area contributed by atoms with Gasteiger partial charge in [-0.1, -0.05) is 66.7 Å². The first kappa shape index (κ1) is 20.6. The van der Waals surface area contributed by atoms with Gasteiger partial charge in [-0.05, 0) is 81.6 Å². The van der Waals surface area contributed by atoms with Crippen LogP contribution in [0, 0.1) is 0 Å². The van der Waals surface area contributed by atoms with E-state index < -0.39 is 0 Å². The summed E-state index contributed by atoms with van der Waals surface area (Å²) in [5, 5.41) is 7.73. The molecule has 0 amide bonds. The lowest BCUT2D eigenvalue weighted by atomic mass is 9.74. The van der Waals surface area contributed by atoms with Crippen molar-refractivity contribution in [3.05, 3.63) is 121 Å². The third kappa shape index (κ3) is 3.12. The van der Waals surface area contributed by atoms with E-state index in [-0.39, 0.29) is 5.41 Å². The van der Waals surface area contributed by atoms with Crippen LogP contribution < -0.4 is 0 Å². The van der Waals surface area contributed by atoms with Crippen molar-refractivity contribution in [1.82, 2.24) is 0 Å². The Morgan fingerprint density at radius 1 is 0.735 bits per heavy atom. The summed E-state index contributed by atoms with van der Waals surface area (Å²) < 4.78 is 2.36. The average molecular weight is 439 g/mol. The average Bonchev–Trinajstić information content (AvgIpc) is 3.07. The van der Waals surface area contributed by atoms with Gasteiger partial charge in [0, 0.05) is 17.7 Å². The lowest BCUT2D eigenvalue weighted by Crippen LogP contribution is -2.30. The Morgan fingerprint density at radius 3 is 2.15 bits per heavy atom. The zero-order valence-electron chi connectivity index (χ0n) is 19.8. The number of hydrogen-bond donors (Lipinski definition) is 0. The van der Waals surface area contributed by atoms with Crippen molar-refractivity contribution in [1.29, 1.82) is 0 Å². The van der Waals surface area contributed by atoms with Crippen molar-refractivity contribution < 1.29 is 4.58 Å². The number of nitrogens with zero attached hydrogens (tertiary/aromatic N) is 1. The molecule has 1 heteroatoms. The minimum absolute atomic E-state index is 0.129. The van der Waals surface area contributed by atoms with Gasteiger partial charge in [-0.25, -0.2) is 0 Å². The van der Waals surface area contributed by atoms with E-state index in [2.05, 4.69) is 134 Å². The Labute approximate surface area is 201 Å². The third-order valence-corrected chi connectivity index (χ3v) is 7.46. The molecule has 0 N–H and O–H groups in total. The van der Waals surface area contributed by atoms with Crippen LogP contribution in [0.3, 0.4) is 0 Å². The molecule has 1 heterocycles. The van der Waals surface area contributed by atoms with Gasteiger partial charge in [-0.15, -0.1) is 6.58 Å². The van der Waals surface area contributed by atoms with Gasteiger partial charge >= 0.3 is 0 Å². The Balaban J connectivity index is 1.46. The maximum atomic E-state index is 4.10. The van der Waals surface area contributed by atoms with Crippen LogP contribution in [0.15, 0.2) is 110 Å². The van der Waals surface area contributed by atoms with Gasteiger partial charge in [-0.2, -0.15) is 4.58 Å². The molecule has 5 aromatic rings. The summed E-state index contributed by atoms with van der Waals surface area (Å²) in [6.07, 6.45) is 7.51. The second-order valence-electron chi connectivity index (χ2n) is 9.59. The summed E-state index contributed by atoms with van der Waals surface area (Å²) in [6.45, 7) is 6.46.